The molecule has 0 aromatic carbocycles. The topological polar surface area (TPSA) is 37.4 Å². The molecule has 0 radical (unpaired) electrons. The van der Waals surface area contributed by atoms with Crippen molar-refractivity contribution >= 4 is 21.4 Å². The van der Waals surface area contributed by atoms with Crippen molar-refractivity contribution in [1.82, 2.24) is 4.90 Å². The maximum atomic E-state index is 11.6. The van der Waals surface area contributed by atoms with Gasteiger partial charge in [0.25, 0.3) is 0 Å². The first kappa shape index (κ1) is 16.2. The summed E-state index contributed by atoms with van der Waals surface area (Å²) >= 11 is 5.70. The third-order valence-electron chi connectivity index (χ3n) is 2.46. The Balaban J connectivity index is 3.99. The van der Waals surface area contributed by atoms with E-state index in [1.807, 2.05) is 6.92 Å². The van der Waals surface area contributed by atoms with Crippen molar-refractivity contribution in [2.24, 2.45) is 0 Å². The van der Waals surface area contributed by atoms with Gasteiger partial charge in [-0.1, -0.05) is 20.3 Å². The first-order chi connectivity index (χ1) is 7.55. The number of nitrogens with zero attached hydrogens (tertiary/aromatic N) is 1. The minimum absolute atomic E-state index is 0.265. The van der Waals surface area contributed by atoms with Crippen LogP contribution in [0.3, 0.4) is 0 Å². The Morgan fingerprint density at radius 3 is 2.19 bits per heavy atom. The van der Waals surface area contributed by atoms with E-state index in [2.05, 4.69) is 11.8 Å². The zero-order valence-electron chi connectivity index (χ0n) is 10.4. The molecule has 0 N–H and O–H groups in total. The molecule has 0 unspecified atom stereocenters. The minimum atomic E-state index is -2.85. The lowest BCUT2D eigenvalue weighted by Gasteiger charge is -2.20. The molecule has 0 bridgehead atoms. The van der Waals surface area contributed by atoms with Crippen molar-refractivity contribution in [1.29, 1.82) is 0 Å². The summed E-state index contributed by atoms with van der Waals surface area (Å²) in [7, 11) is -2.85. The van der Waals surface area contributed by atoms with Gasteiger partial charge in [0.2, 0.25) is 0 Å². The quantitative estimate of drug-likeness (QED) is 0.571. The molecule has 0 amide bonds. The zero-order chi connectivity index (χ0) is 12.4. The molecule has 98 valence electrons. The smallest absolute Gasteiger partial charge is 0.151 e. The molecule has 0 atom stereocenters. The summed E-state index contributed by atoms with van der Waals surface area (Å²) in [5.41, 5.74) is 0. The van der Waals surface area contributed by atoms with Gasteiger partial charge < -0.3 is 4.90 Å². The molecule has 0 aliphatic carbocycles. The van der Waals surface area contributed by atoms with Crippen molar-refractivity contribution in [2.45, 2.75) is 33.1 Å². The molecule has 0 aliphatic heterocycles. The number of rotatable bonds is 10. The van der Waals surface area contributed by atoms with E-state index in [9.17, 15) is 8.42 Å². The summed E-state index contributed by atoms with van der Waals surface area (Å²) < 4.78 is 23.1. The van der Waals surface area contributed by atoms with Gasteiger partial charge in [-0.2, -0.15) is 0 Å². The summed E-state index contributed by atoms with van der Waals surface area (Å²) in [4.78, 5) is 2.14. The van der Waals surface area contributed by atoms with Crippen LogP contribution in [0.5, 0.6) is 0 Å². The molecule has 0 fully saturated rings. The van der Waals surface area contributed by atoms with Gasteiger partial charge in [0.1, 0.15) is 0 Å². The van der Waals surface area contributed by atoms with E-state index in [1.54, 1.807) is 0 Å². The Hall–Kier alpha value is 0.200. The average Bonchev–Trinajstić information content (AvgIpc) is 2.22. The van der Waals surface area contributed by atoms with E-state index in [1.165, 1.54) is 0 Å². The molecule has 0 aliphatic rings. The van der Waals surface area contributed by atoms with E-state index in [0.29, 0.717) is 24.6 Å². The highest BCUT2D eigenvalue weighted by molar-refractivity contribution is 7.91. The van der Waals surface area contributed by atoms with Crippen molar-refractivity contribution in [3.8, 4) is 0 Å². The Morgan fingerprint density at radius 2 is 1.69 bits per heavy atom. The maximum Gasteiger partial charge on any atom is 0.151 e. The molecular weight excluding hydrogens is 246 g/mol. The van der Waals surface area contributed by atoms with Crippen LogP contribution in [0, 0.1) is 0 Å². The third-order valence-corrected chi connectivity index (χ3v) is 4.47. The second kappa shape index (κ2) is 9.25. The molecule has 0 saturated heterocycles. The second-order valence-corrected chi connectivity index (χ2v) is 6.72. The molecule has 3 nitrogen and oxygen atoms in total. The molecule has 0 spiro atoms. The minimum Gasteiger partial charge on any atom is -0.301 e. The number of hydrogen-bond donors (Lipinski definition) is 0. The van der Waals surface area contributed by atoms with Crippen LogP contribution in [-0.4, -0.2) is 50.3 Å². The third kappa shape index (κ3) is 8.36. The summed E-state index contributed by atoms with van der Waals surface area (Å²) in [6.45, 7) is 6.38. The molecule has 0 aromatic heterocycles. The zero-order valence-corrected chi connectivity index (χ0v) is 12.0. The summed E-state index contributed by atoms with van der Waals surface area (Å²) in [5.74, 6) is 1.13. The fourth-order valence-corrected chi connectivity index (χ4v) is 3.12. The van der Waals surface area contributed by atoms with Crippen molar-refractivity contribution < 1.29 is 8.42 Å². The molecule has 16 heavy (non-hydrogen) atoms. The molecule has 0 rings (SSSR count). The van der Waals surface area contributed by atoms with Gasteiger partial charge >= 0.3 is 0 Å². The number of sulfone groups is 1. The van der Waals surface area contributed by atoms with Gasteiger partial charge in [-0.3, -0.25) is 0 Å². The lowest BCUT2D eigenvalue weighted by molar-refractivity contribution is 0.301. The number of unbranched alkanes of at least 4 members (excludes halogenated alkanes) is 1. The van der Waals surface area contributed by atoms with Crippen LogP contribution in [-0.2, 0) is 9.84 Å². The monoisotopic (exact) mass is 269 g/mol. The van der Waals surface area contributed by atoms with Gasteiger partial charge in [0, 0.05) is 24.7 Å². The van der Waals surface area contributed by atoms with Gasteiger partial charge in [0.15, 0.2) is 9.84 Å². The van der Waals surface area contributed by atoms with E-state index in [-0.39, 0.29) is 5.75 Å². The maximum absolute atomic E-state index is 11.6. The van der Waals surface area contributed by atoms with E-state index >= 15 is 0 Å². The van der Waals surface area contributed by atoms with Crippen LogP contribution in [0.4, 0.5) is 0 Å². The Morgan fingerprint density at radius 1 is 1.00 bits per heavy atom. The SMILES string of the molecule is CCCCN(CCCl)CCS(=O)(=O)CCC. The largest absolute Gasteiger partial charge is 0.301 e. The highest BCUT2D eigenvalue weighted by Gasteiger charge is 2.12. The van der Waals surface area contributed by atoms with Crippen LogP contribution in [0.15, 0.2) is 0 Å². The van der Waals surface area contributed by atoms with Crippen molar-refractivity contribution in [3.63, 3.8) is 0 Å². The average molecular weight is 270 g/mol. The van der Waals surface area contributed by atoms with Gasteiger partial charge in [0.05, 0.1) is 5.75 Å². The van der Waals surface area contributed by atoms with Gasteiger partial charge in [-0.25, -0.2) is 8.42 Å². The van der Waals surface area contributed by atoms with Gasteiger partial charge in [-0.05, 0) is 19.4 Å². The van der Waals surface area contributed by atoms with Crippen molar-refractivity contribution in [3.05, 3.63) is 0 Å². The molecule has 0 saturated carbocycles. The van der Waals surface area contributed by atoms with Gasteiger partial charge in [-0.15, -0.1) is 11.6 Å². The fraction of sp³-hybridized carbons (Fsp3) is 1.00. The normalized spacial score (nSPS) is 12.2. The first-order valence-electron chi connectivity index (χ1n) is 6.04. The van der Waals surface area contributed by atoms with Crippen LogP contribution in [0.25, 0.3) is 0 Å². The fourth-order valence-electron chi connectivity index (χ4n) is 1.52. The first-order valence-corrected chi connectivity index (χ1v) is 8.40. The van der Waals surface area contributed by atoms with Crippen LogP contribution in [0.1, 0.15) is 33.1 Å². The number of halogens is 1. The molecule has 0 aromatic rings. The summed E-state index contributed by atoms with van der Waals surface area (Å²) in [6.07, 6.45) is 2.93. The lowest BCUT2D eigenvalue weighted by atomic mass is 10.3. The standard InChI is InChI=1S/C11H24ClNO2S/c1-3-5-7-13(8-6-12)9-11-16(14,15)10-4-2/h3-11H2,1-2H3. The predicted molar refractivity (Wildman–Crippen MR) is 71.0 cm³/mol. The van der Waals surface area contributed by atoms with E-state index in [0.717, 1.165) is 25.9 Å². The molecule has 0 heterocycles. The second-order valence-electron chi connectivity index (χ2n) is 4.04. The van der Waals surface area contributed by atoms with E-state index < -0.39 is 9.84 Å². The summed E-state index contributed by atoms with van der Waals surface area (Å²) in [6, 6.07) is 0. The van der Waals surface area contributed by atoms with E-state index in [4.69, 9.17) is 11.6 Å². The number of alkyl halides is 1. The Labute approximate surface area is 105 Å². The molecule has 5 heteroatoms. The van der Waals surface area contributed by atoms with Crippen LogP contribution >= 0.6 is 11.6 Å². The molecular formula is C11H24ClNO2S. The predicted octanol–water partition coefficient (Wildman–Crippen LogP) is 2.15. The lowest BCUT2D eigenvalue weighted by Crippen LogP contribution is -2.32. The van der Waals surface area contributed by atoms with Crippen LogP contribution in [0.2, 0.25) is 0 Å². The summed E-state index contributed by atoms with van der Waals surface area (Å²) in [5, 5.41) is 0. The van der Waals surface area contributed by atoms with Crippen molar-refractivity contribution in [2.75, 3.05) is 37.0 Å². The van der Waals surface area contributed by atoms with Crippen LogP contribution < -0.4 is 0 Å². The Kier molecular flexibility index (Phi) is 9.37. The number of hydrogen-bond acceptors (Lipinski definition) is 3. The highest BCUT2D eigenvalue weighted by Crippen LogP contribution is 2.00. The Bertz CT molecular complexity index is 255. The highest BCUT2D eigenvalue weighted by atomic mass is 35.5.